The molecule has 0 fully saturated rings. The van der Waals surface area contributed by atoms with Crippen molar-refractivity contribution in [1.29, 1.82) is 0 Å². The number of rotatable bonds is 7. The third-order valence-electron chi connectivity index (χ3n) is 3.22. The van der Waals surface area contributed by atoms with E-state index in [2.05, 4.69) is 12.2 Å². The molecule has 3 nitrogen and oxygen atoms in total. The molecule has 0 bridgehead atoms. The minimum atomic E-state index is -0.204. The van der Waals surface area contributed by atoms with E-state index in [0.717, 1.165) is 24.3 Å². The number of halogens is 1. The van der Waals surface area contributed by atoms with Crippen molar-refractivity contribution in [3.8, 4) is 0 Å². The minimum Gasteiger partial charge on any atom is -0.468 e. The molecule has 1 aromatic carbocycles. The topological polar surface area (TPSA) is 28.4 Å². The first kappa shape index (κ1) is 14.6. The van der Waals surface area contributed by atoms with Crippen LogP contribution in [0.25, 0.3) is 0 Å². The second kappa shape index (κ2) is 7.10. The predicted molar refractivity (Wildman–Crippen MR) is 79.2 cm³/mol. The van der Waals surface area contributed by atoms with E-state index in [9.17, 15) is 4.39 Å². The van der Waals surface area contributed by atoms with Crippen molar-refractivity contribution in [3.05, 3.63) is 53.7 Å². The molecule has 0 spiro atoms. The van der Waals surface area contributed by atoms with Crippen molar-refractivity contribution < 1.29 is 8.81 Å². The van der Waals surface area contributed by atoms with E-state index < -0.39 is 0 Å². The highest BCUT2D eigenvalue weighted by Gasteiger charge is 2.11. The summed E-state index contributed by atoms with van der Waals surface area (Å²) in [5.74, 6) is 0.714. The Labute approximate surface area is 119 Å². The van der Waals surface area contributed by atoms with E-state index in [-0.39, 0.29) is 5.82 Å². The quantitative estimate of drug-likeness (QED) is 0.784. The fourth-order valence-electron chi connectivity index (χ4n) is 2.14. The fourth-order valence-corrected chi connectivity index (χ4v) is 2.14. The highest BCUT2D eigenvalue weighted by Crippen LogP contribution is 2.21. The summed E-state index contributed by atoms with van der Waals surface area (Å²) < 4.78 is 19.2. The Hall–Kier alpha value is -1.81. The SMILES string of the molecule is CCCNCc1occc1CN(C)c1ccccc1F. The number of nitrogens with one attached hydrogen (secondary N) is 1. The van der Waals surface area contributed by atoms with Crippen LogP contribution < -0.4 is 10.2 Å². The van der Waals surface area contributed by atoms with Gasteiger partial charge in [-0.2, -0.15) is 0 Å². The fraction of sp³-hybridized carbons (Fsp3) is 0.375. The first-order valence-corrected chi connectivity index (χ1v) is 6.94. The Bertz CT molecular complexity index is 539. The molecule has 0 aliphatic carbocycles. The lowest BCUT2D eigenvalue weighted by Gasteiger charge is -2.19. The zero-order valence-corrected chi connectivity index (χ0v) is 12.0. The van der Waals surface area contributed by atoms with E-state index in [1.807, 2.05) is 24.1 Å². The smallest absolute Gasteiger partial charge is 0.146 e. The maximum atomic E-state index is 13.7. The molecule has 0 radical (unpaired) electrons. The zero-order valence-electron chi connectivity index (χ0n) is 12.0. The van der Waals surface area contributed by atoms with Crippen LogP contribution in [0.1, 0.15) is 24.7 Å². The van der Waals surface area contributed by atoms with Crippen LogP contribution in [0.5, 0.6) is 0 Å². The van der Waals surface area contributed by atoms with Crippen molar-refractivity contribution in [2.75, 3.05) is 18.5 Å². The van der Waals surface area contributed by atoms with Crippen molar-refractivity contribution in [3.63, 3.8) is 0 Å². The average molecular weight is 276 g/mol. The summed E-state index contributed by atoms with van der Waals surface area (Å²) in [5.41, 5.74) is 1.68. The lowest BCUT2D eigenvalue weighted by molar-refractivity contribution is 0.478. The van der Waals surface area contributed by atoms with E-state index in [0.29, 0.717) is 18.8 Å². The van der Waals surface area contributed by atoms with Gasteiger partial charge in [0.05, 0.1) is 18.5 Å². The van der Waals surface area contributed by atoms with Crippen LogP contribution in [0.2, 0.25) is 0 Å². The highest BCUT2D eigenvalue weighted by molar-refractivity contribution is 5.47. The van der Waals surface area contributed by atoms with Gasteiger partial charge in [-0.25, -0.2) is 4.39 Å². The molecule has 0 aliphatic heterocycles. The maximum absolute atomic E-state index is 13.7. The van der Waals surface area contributed by atoms with Gasteiger partial charge in [-0.1, -0.05) is 19.1 Å². The molecule has 0 amide bonds. The number of hydrogen-bond acceptors (Lipinski definition) is 3. The molecule has 2 rings (SSSR count). The van der Waals surface area contributed by atoms with Crippen LogP contribution in [-0.4, -0.2) is 13.6 Å². The van der Waals surface area contributed by atoms with Crippen LogP contribution in [0, 0.1) is 5.82 Å². The standard InChI is InChI=1S/C16H21FN2O/c1-3-9-18-11-16-13(8-10-20-16)12-19(2)15-7-5-4-6-14(15)17/h4-8,10,18H,3,9,11-12H2,1-2H3. The molecule has 1 aromatic heterocycles. The van der Waals surface area contributed by atoms with Gasteiger partial charge in [0.1, 0.15) is 11.6 Å². The number of para-hydroxylation sites is 1. The third kappa shape index (κ3) is 3.61. The number of anilines is 1. The van der Waals surface area contributed by atoms with Gasteiger partial charge in [-0.05, 0) is 31.2 Å². The molecule has 108 valence electrons. The van der Waals surface area contributed by atoms with Crippen LogP contribution in [-0.2, 0) is 13.1 Å². The minimum absolute atomic E-state index is 0.204. The summed E-state index contributed by atoms with van der Waals surface area (Å²) in [7, 11) is 1.88. The first-order chi connectivity index (χ1) is 9.72. The Kier molecular flexibility index (Phi) is 5.18. The first-order valence-electron chi connectivity index (χ1n) is 6.94. The molecule has 1 heterocycles. The molecule has 0 unspecified atom stereocenters. The molecule has 0 atom stereocenters. The van der Waals surface area contributed by atoms with Crippen molar-refractivity contribution in [2.24, 2.45) is 0 Å². The van der Waals surface area contributed by atoms with Crippen molar-refractivity contribution in [1.82, 2.24) is 5.32 Å². The molecule has 4 heteroatoms. The Morgan fingerprint density at radius 1 is 1.25 bits per heavy atom. The van der Waals surface area contributed by atoms with Gasteiger partial charge in [-0.15, -0.1) is 0 Å². The van der Waals surface area contributed by atoms with E-state index in [1.54, 1.807) is 18.4 Å². The summed E-state index contributed by atoms with van der Waals surface area (Å²) in [6.07, 6.45) is 2.78. The molecule has 0 aliphatic rings. The lowest BCUT2D eigenvalue weighted by Crippen LogP contribution is -2.20. The van der Waals surface area contributed by atoms with Gasteiger partial charge in [0.15, 0.2) is 0 Å². The normalized spacial score (nSPS) is 10.8. The Morgan fingerprint density at radius 2 is 2.05 bits per heavy atom. The summed E-state index contributed by atoms with van der Waals surface area (Å²) >= 11 is 0. The molecule has 0 saturated heterocycles. The molecule has 1 N–H and O–H groups in total. The van der Waals surface area contributed by atoms with E-state index in [4.69, 9.17) is 4.42 Å². The van der Waals surface area contributed by atoms with Crippen LogP contribution in [0.3, 0.4) is 0 Å². The second-order valence-electron chi connectivity index (χ2n) is 4.85. The van der Waals surface area contributed by atoms with Crippen LogP contribution in [0.4, 0.5) is 10.1 Å². The molecule has 20 heavy (non-hydrogen) atoms. The van der Waals surface area contributed by atoms with Gasteiger partial charge in [-0.3, -0.25) is 0 Å². The largest absolute Gasteiger partial charge is 0.468 e. The van der Waals surface area contributed by atoms with Crippen LogP contribution >= 0.6 is 0 Å². The van der Waals surface area contributed by atoms with Gasteiger partial charge in [0, 0.05) is 19.2 Å². The molecular formula is C16H21FN2O. The summed E-state index contributed by atoms with van der Waals surface area (Å²) in [6.45, 7) is 4.42. The number of nitrogens with zero attached hydrogens (tertiary/aromatic N) is 1. The zero-order chi connectivity index (χ0) is 14.4. The molecule has 2 aromatic rings. The number of furan rings is 1. The van der Waals surface area contributed by atoms with Gasteiger partial charge in [0.2, 0.25) is 0 Å². The van der Waals surface area contributed by atoms with Gasteiger partial charge >= 0.3 is 0 Å². The van der Waals surface area contributed by atoms with Gasteiger partial charge in [0.25, 0.3) is 0 Å². The summed E-state index contributed by atoms with van der Waals surface area (Å²) in [6, 6.07) is 8.74. The van der Waals surface area contributed by atoms with Crippen molar-refractivity contribution >= 4 is 5.69 Å². The monoisotopic (exact) mass is 276 g/mol. The predicted octanol–water partition coefficient (Wildman–Crippen LogP) is 3.55. The third-order valence-corrected chi connectivity index (χ3v) is 3.22. The number of hydrogen-bond donors (Lipinski definition) is 1. The lowest BCUT2D eigenvalue weighted by atomic mass is 10.2. The van der Waals surface area contributed by atoms with E-state index >= 15 is 0 Å². The average Bonchev–Trinajstić information content (AvgIpc) is 2.87. The van der Waals surface area contributed by atoms with Crippen molar-refractivity contribution in [2.45, 2.75) is 26.4 Å². The highest BCUT2D eigenvalue weighted by atomic mass is 19.1. The maximum Gasteiger partial charge on any atom is 0.146 e. The summed E-state index contributed by atoms with van der Waals surface area (Å²) in [5, 5.41) is 3.32. The summed E-state index contributed by atoms with van der Waals surface area (Å²) in [4.78, 5) is 1.89. The number of benzene rings is 1. The Balaban J connectivity index is 2.03. The second-order valence-corrected chi connectivity index (χ2v) is 4.85. The van der Waals surface area contributed by atoms with Crippen LogP contribution in [0.15, 0.2) is 41.0 Å². The Morgan fingerprint density at radius 3 is 2.80 bits per heavy atom. The molecule has 0 saturated carbocycles. The molecular weight excluding hydrogens is 255 g/mol. The van der Waals surface area contributed by atoms with E-state index in [1.165, 1.54) is 6.07 Å². The van der Waals surface area contributed by atoms with Gasteiger partial charge < -0.3 is 14.6 Å².